The number of nitrogens with two attached hydrogens (primary N) is 1. The van der Waals surface area contributed by atoms with Crippen LogP contribution in [0.5, 0.6) is 5.75 Å². The van der Waals surface area contributed by atoms with Gasteiger partial charge in [0, 0.05) is 18.5 Å². The van der Waals surface area contributed by atoms with Crippen molar-refractivity contribution in [2.24, 2.45) is 11.7 Å². The first kappa shape index (κ1) is 14.4. The maximum Gasteiger partial charge on any atom is 0.226 e. The molecule has 1 saturated carbocycles. The largest absolute Gasteiger partial charge is 0.497 e. The van der Waals surface area contributed by atoms with Gasteiger partial charge in [-0.3, -0.25) is 4.79 Å². The molecule has 2 N–H and O–H groups in total. The SMILES string of the molecule is COc1cccc([C@@H]2CCCN2C(=O)[C@H]2CC[C@H](N)C2)c1. The first-order valence-corrected chi connectivity index (χ1v) is 7.89. The molecule has 21 heavy (non-hydrogen) atoms. The molecular weight excluding hydrogens is 264 g/mol. The van der Waals surface area contributed by atoms with Crippen LogP contribution in [0.2, 0.25) is 0 Å². The van der Waals surface area contributed by atoms with Crippen molar-refractivity contribution >= 4 is 5.91 Å². The van der Waals surface area contributed by atoms with E-state index in [0.717, 1.165) is 44.4 Å². The van der Waals surface area contributed by atoms with Gasteiger partial charge in [0.05, 0.1) is 13.2 Å². The van der Waals surface area contributed by atoms with Crippen molar-refractivity contribution in [2.75, 3.05) is 13.7 Å². The number of methoxy groups -OCH3 is 1. The third kappa shape index (κ3) is 2.91. The van der Waals surface area contributed by atoms with Gasteiger partial charge in [-0.1, -0.05) is 12.1 Å². The molecule has 114 valence electrons. The third-order valence-corrected chi connectivity index (χ3v) is 4.84. The number of carbonyl (C=O) groups excluding carboxylic acids is 1. The zero-order valence-electron chi connectivity index (χ0n) is 12.6. The topological polar surface area (TPSA) is 55.6 Å². The molecule has 0 radical (unpaired) electrons. The van der Waals surface area contributed by atoms with E-state index in [1.165, 1.54) is 5.56 Å². The van der Waals surface area contributed by atoms with Gasteiger partial charge in [0.1, 0.15) is 5.75 Å². The highest BCUT2D eigenvalue weighted by molar-refractivity contribution is 5.80. The average Bonchev–Trinajstić information content (AvgIpc) is 3.15. The van der Waals surface area contributed by atoms with E-state index in [1.807, 2.05) is 12.1 Å². The number of nitrogens with zero attached hydrogens (tertiary/aromatic N) is 1. The monoisotopic (exact) mass is 288 g/mol. The summed E-state index contributed by atoms with van der Waals surface area (Å²) in [6.07, 6.45) is 4.89. The summed E-state index contributed by atoms with van der Waals surface area (Å²) in [5.41, 5.74) is 7.14. The van der Waals surface area contributed by atoms with Gasteiger partial charge in [0.25, 0.3) is 0 Å². The van der Waals surface area contributed by atoms with E-state index in [-0.39, 0.29) is 18.0 Å². The number of rotatable bonds is 3. The molecule has 1 aliphatic carbocycles. The number of amides is 1. The molecule has 2 aliphatic rings. The van der Waals surface area contributed by atoms with Crippen LogP contribution in [-0.4, -0.2) is 30.5 Å². The molecule has 0 unspecified atom stereocenters. The number of carbonyl (C=O) groups is 1. The summed E-state index contributed by atoms with van der Waals surface area (Å²) < 4.78 is 5.30. The summed E-state index contributed by atoms with van der Waals surface area (Å²) in [5, 5.41) is 0. The number of benzene rings is 1. The van der Waals surface area contributed by atoms with Gasteiger partial charge in [-0.2, -0.15) is 0 Å². The number of ether oxygens (including phenoxy) is 1. The maximum absolute atomic E-state index is 12.8. The van der Waals surface area contributed by atoms with E-state index in [0.29, 0.717) is 5.91 Å². The Balaban J connectivity index is 1.77. The van der Waals surface area contributed by atoms with E-state index >= 15 is 0 Å². The fourth-order valence-corrected chi connectivity index (χ4v) is 3.70. The Morgan fingerprint density at radius 2 is 2.19 bits per heavy atom. The van der Waals surface area contributed by atoms with E-state index in [9.17, 15) is 4.79 Å². The molecule has 3 rings (SSSR count). The molecule has 3 atom stereocenters. The van der Waals surface area contributed by atoms with E-state index in [1.54, 1.807) is 7.11 Å². The number of hydrogen-bond donors (Lipinski definition) is 1. The van der Waals surface area contributed by atoms with Gasteiger partial charge < -0.3 is 15.4 Å². The molecule has 4 heteroatoms. The van der Waals surface area contributed by atoms with Gasteiger partial charge in [0.15, 0.2) is 0 Å². The Bertz CT molecular complexity index is 517. The lowest BCUT2D eigenvalue weighted by molar-refractivity contribution is -0.136. The van der Waals surface area contributed by atoms with E-state index in [2.05, 4.69) is 17.0 Å². The van der Waals surface area contributed by atoms with Gasteiger partial charge in [-0.25, -0.2) is 0 Å². The molecule has 1 aromatic rings. The highest BCUT2D eigenvalue weighted by Gasteiger charge is 2.36. The Labute approximate surface area is 126 Å². The lowest BCUT2D eigenvalue weighted by Crippen LogP contribution is -2.35. The zero-order valence-corrected chi connectivity index (χ0v) is 12.6. The maximum atomic E-state index is 12.8. The Morgan fingerprint density at radius 3 is 2.90 bits per heavy atom. The van der Waals surface area contributed by atoms with Crippen molar-refractivity contribution in [1.82, 2.24) is 4.90 Å². The van der Waals surface area contributed by atoms with E-state index < -0.39 is 0 Å². The fraction of sp³-hybridized carbons (Fsp3) is 0.588. The fourth-order valence-electron chi connectivity index (χ4n) is 3.70. The van der Waals surface area contributed by atoms with Crippen molar-refractivity contribution in [3.8, 4) is 5.75 Å². The van der Waals surface area contributed by atoms with Crippen LogP contribution in [0, 0.1) is 5.92 Å². The summed E-state index contributed by atoms with van der Waals surface area (Å²) in [7, 11) is 1.68. The molecule has 1 heterocycles. The van der Waals surface area contributed by atoms with Crippen LogP contribution in [0.25, 0.3) is 0 Å². The Kier molecular flexibility index (Phi) is 4.15. The first-order valence-electron chi connectivity index (χ1n) is 7.89. The van der Waals surface area contributed by atoms with Gasteiger partial charge >= 0.3 is 0 Å². The molecule has 1 aliphatic heterocycles. The number of likely N-dealkylation sites (tertiary alicyclic amines) is 1. The zero-order chi connectivity index (χ0) is 14.8. The van der Waals surface area contributed by atoms with Crippen LogP contribution in [0.4, 0.5) is 0 Å². The molecule has 0 spiro atoms. The highest BCUT2D eigenvalue weighted by atomic mass is 16.5. The summed E-state index contributed by atoms with van der Waals surface area (Å²) >= 11 is 0. The standard InChI is InChI=1S/C17H24N2O2/c1-21-15-5-2-4-12(11-15)16-6-3-9-19(16)17(20)13-7-8-14(18)10-13/h2,4-5,11,13-14,16H,3,6-10,18H2,1H3/t13-,14-,16-/m0/s1. The minimum atomic E-state index is 0.131. The van der Waals surface area contributed by atoms with Crippen LogP contribution in [0.3, 0.4) is 0 Å². The van der Waals surface area contributed by atoms with E-state index in [4.69, 9.17) is 10.5 Å². The summed E-state index contributed by atoms with van der Waals surface area (Å²) in [6.45, 7) is 0.868. The highest BCUT2D eigenvalue weighted by Crippen LogP contribution is 2.36. The molecule has 1 saturated heterocycles. The van der Waals surface area contributed by atoms with Gasteiger partial charge in [0.2, 0.25) is 5.91 Å². The quantitative estimate of drug-likeness (QED) is 0.929. The van der Waals surface area contributed by atoms with Crippen molar-refractivity contribution < 1.29 is 9.53 Å². The van der Waals surface area contributed by atoms with Gasteiger partial charge in [-0.15, -0.1) is 0 Å². The summed E-state index contributed by atoms with van der Waals surface area (Å²) in [6, 6.07) is 8.50. The van der Waals surface area contributed by atoms with Crippen LogP contribution >= 0.6 is 0 Å². The molecule has 2 fully saturated rings. The average molecular weight is 288 g/mol. The third-order valence-electron chi connectivity index (χ3n) is 4.84. The normalized spacial score (nSPS) is 28.9. The molecule has 4 nitrogen and oxygen atoms in total. The second-order valence-electron chi connectivity index (χ2n) is 6.24. The minimum absolute atomic E-state index is 0.131. The van der Waals surface area contributed by atoms with Crippen molar-refractivity contribution in [2.45, 2.75) is 44.2 Å². The molecule has 0 bridgehead atoms. The lowest BCUT2D eigenvalue weighted by atomic mass is 10.0. The van der Waals surface area contributed by atoms with Gasteiger partial charge in [-0.05, 0) is 49.8 Å². The van der Waals surface area contributed by atoms with Crippen LogP contribution in [-0.2, 0) is 4.79 Å². The smallest absolute Gasteiger partial charge is 0.226 e. The van der Waals surface area contributed by atoms with Crippen molar-refractivity contribution in [1.29, 1.82) is 0 Å². The second kappa shape index (κ2) is 6.06. The van der Waals surface area contributed by atoms with Crippen LogP contribution < -0.4 is 10.5 Å². The predicted molar refractivity (Wildman–Crippen MR) is 82.0 cm³/mol. The lowest BCUT2D eigenvalue weighted by Gasteiger charge is -2.28. The van der Waals surface area contributed by atoms with Crippen molar-refractivity contribution in [3.05, 3.63) is 29.8 Å². The second-order valence-corrected chi connectivity index (χ2v) is 6.24. The molecule has 1 aromatic carbocycles. The summed E-state index contributed by atoms with van der Waals surface area (Å²) in [5.74, 6) is 1.29. The molecule has 1 amide bonds. The van der Waals surface area contributed by atoms with Crippen LogP contribution in [0.1, 0.15) is 43.7 Å². The van der Waals surface area contributed by atoms with Crippen molar-refractivity contribution in [3.63, 3.8) is 0 Å². The molecule has 0 aromatic heterocycles. The molecular formula is C17H24N2O2. The summed E-state index contributed by atoms with van der Waals surface area (Å²) in [4.78, 5) is 14.8. The number of hydrogen-bond acceptors (Lipinski definition) is 3. The van der Waals surface area contributed by atoms with Crippen LogP contribution in [0.15, 0.2) is 24.3 Å². The predicted octanol–water partition coefficient (Wildman–Crippen LogP) is 2.49. The first-order chi connectivity index (χ1) is 10.2. The Morgan fingerprint density at radius 1 is 1.33 bits per heavy atom. The Hall–Kier alpha value is -1.55. The minimum Gasteiger partial charge on any atom is -0.497 e.